The molecule has 3 heterocycles. The summed E-state index contributed by atoms with van der Waals surface area (Å²) in [5.74, 6) is 0.311. The smallest absolute Gasteiger partial charge is 0.239 e. The van der Waals surface area contributed by atoms with E-state index in [0.29, 0.717) is 48.9 Å². The zero-order chi connectivity index (χ0) is 29.7. The number of sulfonamides is 1. The highest BCUT2D eigenvalue weighted by atomic mass is 35.5. The fourth-order valence-corrected chi connectivity index (χ4v) is 8.40. The molecule has 1 atom stereocenters. The molecule has 1 amide bonds. The molecule has 0 radical (unpaired) electrons. The van der Waals surface area contributed by atoms with Crippen LogP contribution in [0.2, 0.25) is 5.02 Å². The molecule has 220 valence electrons. The summed E-state index contributed by atoms with van der Waals surface area (Å²) in [6.45, 7) is 2.05. The molecule has 1 unspecified atom stereocenters. The Balaban J connectivity index is 1.34. The van der Waals surface area contributed by atoms with Crippen LogP contribution < -0.4 is 9.64 Å². The Kier molecular flexibility index (Phi) is 7.42. The molecule has 2 aromatic carbocycles. The molecule has 1 saturated heterocycles. The van der Waals surface area contributed by atoms with E-state index in [-0.39, 0.29) is 24.7 Å². The Morgan fingerprint density at radius 2 is 1.95 bits per heavy atom. The minimum Gasteiger partial charge on any atom is -0.494 e. The average molecular weight is 608 g/mol. The third-order valence-corrected chi connectivity index (χ3v) is 11.0. The Bertz CT molecular complexity index is 1700. The number of carbonyl (C=O) groups excluding carboxylic acids is 1. The Morgan fingerprint density at radius 3 is 2.69 bits per heavy atom. The third kappa shape index (κ3) is 5.24. The maximum Gasteiger partial charge on any atom is 0.239 e. The summed E-state index contributed by atoms with van der Waals surface area (Å²) in [5, 5.41) is 11.8. The molecular weight excluding hydrogens is 574 g/mol. The van der Waals surface area contributed by atoms with Crippen molar-refractivity contribution in [2.75, 3.05) is 51.0 Å². The van der Waals surface area contributed by atoms with Gasteiger partial charge >= 0.3 is 0 Å². The van der Waals surface area contributed by atoms with Crippen LogP contribution in [0.4, 0.5) is 5.69 Å². The van der Waals surface area contributed by atoms with Gasteiger partial charge in [0.1, 0.15) is 5.75 Å². The molecule has 3 aromatic rings. The molecule has 1 aliphatic carbocycles. The fourth-order valence-electron chi connectivity index (χ4n) is 6.24. The highest BCUT2D eigenvalue weighted by Crippen LogP contribution is 2.49. The van der Waals surface area contributed by atoms with Crippen molar-refractivity contribution in [3.05, 3.63) is 64.9 Å². The van der Waals surface area contributed by atoms with Crippen LogP contribution in [-0.2, 0) is 26.8 Å². The number of fused-ring (bicyclic) bond motifs is 3. The first-order chi connectivity index (χ1) is 20.1. The highest BCUT2D eigenvalue weighted by Gasteiger charge is 2.56. The largest absolute Gasteiger partial charge is 0.494 e. The van der Waals surface area contributed by atoms with Crippen LogP contribution in [-0.4, -0.2) is 74.6 Å². The molecule has 11 heteroatoms. The lowest BCUT2D eigenvalue weighted by atomic mass is 9.74. The van der Waals surface area contributed by atoms with Crippen molar-refractivity contribution in [3.8, 4) is 11.8 Å². The van der Waals surface area contributed by atoms with Crippen LogP contribution in [0.3, 0.4) is 0 Å². The monoisotopic (exact) mass is 607 g/mol. The molecule has 1 aromatic heterocycles. The highest BCUT2D eigenvalue weighted by molar-refractivity contribution is 7.89. The van der Waals surface area contributed by atoms with Crippen molar-refractivity contribution in [1.82, 2.24) is 14.2 Å². The van der Waals surface area contributed by atoms with E-state index < -0.39 is 20.9 Å². The van der Waals surface area contributed by atoms with Crippen LogP contribution in [0.15, 0.2) is 48.8 Å². The normalized spacial score (nSPS) is 21.6. The van der Waals surface area contributed by atoms with Crippen LogP contribution in [0.5, 0.6) is 5.75 Å². The standard InChI is InChI=1S/C31H34ClN5O4S/c1-35(2)11-3-13-41-25-7-5-22-16-34-17-28(26(22)15-25)37-12-10-31(29(37)38)20-36(18-23-4-6-24(32)14-27(23)31)42(39,40)21-30(19-33)8-9-30/h4-7,14-17H,3,8-13,18,20-21H2,1-2H3. The number of amides is 1. The molecule has 1 saturated carbocycles. The number of anilines is 1. The SMILES string of the molecule is CN(C)CCCOc1ccc2cncc(N3CCC4(CN(S(=O)(=O)CC5(C#N)CC5)Cc5ccc(Cl)cc54)C3=O)c2c1. The van der Waals surface area contributed by atoms with Gasteiger partial charge in [0.2, 0.25) is 15.9 Å². The average Bonchev–Trinajstić information content (AvgIpc) is 3.66. The van der Waals surface area contributed by atoms with E-state index in [4.69, 9.17) is 16.3 Å². The number of halogens is 1. The Labute approximate surface area is 251 Å². The van der Waals surface area contributed by atoms with Crippen molar-refractivity contribution >= 4 is 44.0 Å². The lowest BCUT2D eigenvalue weighted by Gasteiger charge is -2.40. The second-order valence-corrected chi connectivity index (χ2v) is 14.5. The molecule has 2 fully saturated rings. The lowest BCUT2D eigenvalue weighted by Crippen LogP contribution is -2.53. The van der Waals surface area contributed by atoms with Gasteiger partial charge in [-0.2, -0.15) is 9.57 Å². The maximum absolute atomic E-state index is 14.5. The fraction of sp³-hybridized carbons (Fsp3) is 0.452. The number of hydrogen-bond donors (Lipinski definition) is 0. The number of benzene rings is 2. The zero-order valence-corrected chi connectivity index (χ0v) is 25.4. The quantitative estimate of drug-likeness (QED) is 0.333. The van der Waals surface area contributed by atoms with Gasteiger partial charge in [-0.3, -0.25) is 9.78 Å². The molecule has 3 aliphatic rings. The summed E-state index contributed by atoms with van der Waals surface area (Å²) in [6.07, 6.45) is 5.92. The van der Waals surface area contributed by atoms with E-state index in [1.807, 2.05) is 38.4 Å². The Morgan fingerprint density at radius 1 is 1.14 bits per heavy atom. The second kappa shape index (κ2) is 10.8. The van der Waals surface area contributed by atoms with Gasteiger partial charge in [0, 0.05) is 48.2 Å². The summed E-state index contributed by atoms with van der Waals surface area (Å²) in [6, 6.07) is 13.3. The third-order valence-electron chi connectivity index (χ3n) is 8.76. The first-order valence-corrected chi connectivity index (χ1v) is 16.2. The summed E-state index contributed by atoms with van der Waals surface area (Å²) < 4.78 is 34.7. The number of carbonyl (C=O) groups is 1. The number of nitrogens with zero attached hydrogens (tertiary/aromatic N) is 5. The summed E-state index contributed by atoms with van der Waals surface area (Å²) >= 11 is 6.43. The van der Waals surface area contributed by atoms with Crippen molar-refractivity contribution in [2.45, 2.75) is 37.6 Å². The number of nitriles is 1. The molecule has 1 spiro atoms. The van der Waals surface area contributed by atoms with Crippen molar-refractivity contribution in [3.63, 3.8) is 0 Å². The summed E-state index contributed by atoms with van der Waals surface area (Å²) in [7, 11) is 0.258. The van der Waals surface area contributed by atoms with E-state index in [1.165, 1.54) is 4.31 Å². The van der Waals surface area contributed by atoms with E-state index in [9.17, 15) is 18.5 Å². The van der Waals surface area contributed by atoms with Gasteiger partial charge in [0.25, 0.3) is 0 Å². The molecular formula is C31H34ClN5O4S. The topological polar surface area (TPSA) is 107 Å². The predicted molar refractivity (Wildman–Crippen MR) is 162 cm³/mol. The van der Waals surface area contributed by atoms with E-state index in [1.54, 1.807) is 29.4 Å². The first kappa shape index (κ1) is 28.9. The summed E-state index contributed by atoms with van der Waals surface area (Å²) in [5.41, 5.74) is 0.276. The number of rotatable bonds is 9. The van der Waals surface area contributed by atoms with Gasteiger partial charge in [-0.15, -0.1) is 0 Å². The van der Waals surface area contributed by atoms with Gasteiger partial charge in [-0.1, -0.05) is 17.7 Å². The molecule has 0 bridgehead atoms. The van der Waals surface area contributed by atoms with Gasteiger partial charge in [0.15, 0.2) is 0 Å². The van der Waals surface area contributed by atoms with Gasteiger partial charge in [0.05, 0.1) is 41.1 Å². The first-order valence-electron chi connectivity index (χ1n) is 14.2. The number of hydrogen-bond acceptors (Lipinski definition) is 7. The van der Waals surface area contributed by atoms with Crippen LogP contribution in [0.25, 0.3) is 10.8 Å². The molecule has 42 heavy (non-hydrogen) atoms. The minimum absolute atomic E-state index is 0.0119. The molecule has 0 N–H and O–H groups in total. The molecule has 2 aliphatic heterocycles. The predicted octanol–water partition coefficient (Wildman–Crippen LogP) is 4.34. The van der Waals surface area contributed by atoms with Crippen molar-refractivity contribution in [1.29, 1.82) is 5.26 Å². The van der Waals surface area contributed by atoms with Crippen molar-refractivity contribution < 1.29 is 17.9 Å². The maximum atomic E-state index is 14.5. The lowest BCUT2D eigenvalue weighted by molar-refractivity contribution is -0.122. The number of ether oxygens (including phenoxy) is 1. The second-order valence-electron chi connectivity index (χ2n) is 12.1. The van der Waals surface area contributed by atoms with Gasteiger partial charge < -0.3 is 14.5 Å². The summed E-state index contributed by atoms with van der Waals surface area (Å²) in [4.78, 5) is 22.8. The van der Waals surface area contributed by atoms with E-state index >= 15 is 0 Å². The molecule has 9 nitrogen and oxygen atoms in total. The molecule has 6 rings (SSSR count). The van der Waals surface area contributed by atoms with E-state index in [0.717, 1.165) is 34.9 Å². The van der Waals surface area contributed by atoms with Crippen LogP contribution in [0, 0.1) is 16.7 Å². The van der Waals surface area contributed by atoms with Gasteiger partial charge in [-0.05, 0) is 81.2 Å². The minimum atomic E-state index is -3.79. The van der Waals surface area contributed by atoms with E-state index in [2.05, 4.69) is 16.0 Å². The van der Waals surface area contributed by atoms with Crippen LogP contribution in [0.1, 0.15) is 36.8 Å². The zero-order valence-electron chi connectivity index (χ0n) is 23.8. The number of pyridine rings is 1. The van der Waals surface area contributed by atoms with Gasteiger partial charge in [-0.25, -0.2) is 8.42 Å². The van der Waals surface area contributed by atoms with Crippen LogP contribution >= 0.6 is 11.6 Å². The Hall–Kier alpha value is -3.23. The van der Waals surface area contributed by atoms with Crippen molar-refractivity contribution in [2.24, 2.45) is 5.41 Å². The number of aromatic nitrogens is 1.